The Kier molecular flexibility index (Phi) is 5.24. The summed E-state index contributed by atoms with van der Waals surface area (Å²) in [5, 5.41) is 8.66. The molecule has 0 spiro atoms. The molecule has 20 heavy (non-hydrogen) atoms. The Morgan fingerprint density at radius 3 is 2.70 bits per heavy atom. The van der Waals surface area contributed by atoms with Gasteiger partial charge in [0.15, 0.2) is 0 Å². The maximum atomic E-state index is 10.5. The number of rotatable bonds is 4. The molecule has 3 nitrogen and oxygen atoms in total. The molecule has 108 valence electrons. The largest absolute Gasteiger partial charge is 0.478 e. The average Bonchev–Trinajstić information content (AvgIpc) is 2.46. The molecule has 0 aliphatic carbocycles. The summed E-state index contributed by atoms with van der Waals surface area (Å²) < 4.78 is 0.935. The molecule has 0 bridgehead atoms. The van der Waals surface area contributed by atoms with Gasteiger partial charge in [0.1, 0.15) is 0 Å². The summed E-state index contributed by atoms with van der Waals surface area (Å²) in [6.45, 7) is 4.48. The van der Waals surface area contributed by atoms with Crippen LogP contribution in [-0.2, 0) is 4.79 Å². The highest BCUT2D eigenvalue weighted by atomic mass is 79.9. The molecule has 1 saturated heterocycles. The molecule has 0 unspecified atom stereocenters. The molecule has 0 atom stereocenters. The number of benzene rings is 1. The summed E-state index contributed by atoms with van der Waals surface area (Å²) >= 11 is 3.52. The fraction of sp³-hybridized carbons (Fsp3) is 0.438. The molecule has 1 N–H and O–H groups in total. The van der Waals surface area contributed by atoms with Crippen molar-refractivity contribution < 1.29 is 9.90 Å². The Morgan fingerprint density at radius 2 is 2.15 bits per heavy atom. The number of hydrogen-bond donors (Lipinski definition) is 1. The van der Waals surface area contributed by atoms with Crippen molar-refractivity contribution in [1.29, 1.82) is 0 Å². The number of piperidine rings is 1. The van der Waals surface area contributed by atoms with E-state index in [1.165, 1.54) is 24.9 Å². The van der Waals surface area contributed by atoms with Crippen LogP contribution in [0.2, 0.25) is 0 Å². The van der Waals surface area contributed by atoms with Crippen molar-refractivity contribution >= 4 is 33.7 Å². The standard InChI is InChI=1S/C16H20BrNO2/c1-2-12-7-9-18(10-8-12)14-5-3-13(15(17)11-14)4-6-16(19)20/h3-6,11-12H,2,7-10H2,1H3,(H,19,20)/b6-4+. The third-order valence-corrected chi connectivity index (χ3v) is 4.63. The first-order valence-corrected chi connectivity index (χ1v) is 7.85. The summed E-state index contributed by atoms with van der Waals surface area (Å²) in [5.74, 6) is -0.0601. The van der Waals surface area contributed by atoms with Gasteiger partial charge in [0.05, 0.1) is 0 Å². The lowest BCUT2D eigenvalue weighted by atomic mass is 9.94. The fourth-order valence-corrected chi connectivity index (χ4v) is 3.11. The van der Waals surface area contributed by atoms with E-state index < -0.39 is 5.97 Å². The molecule has 1 aromatic carbocycles. The molecule has 1 aromatic rings. The van der Waals surface area contributed by atoms with Crippen LogP contribution >= 0.6 is 15.9 Å². The Balaban J connectivity index is 2.07. The van der Waals surface area contributed by atoms with Crippen LogP contribution in [0.25, 0.3) is 6.08 Å². The quantitative estimate of drug-likeness (QED) is 0.838. The van der Waals surface area contributed by atoms with E-state index in [9.17, 15) is 4.79 Å². The number of anilines is 1. The second kappa shape index (κ2) is 6.93. The third kappa shape index (κ3) is 3.85. The van der Waals surface area contributed by atoms with E-state index in [4.69, 9.17) is 5.11 Å². The van der Waals surface area contributed by atoms with Gasteiger partial charge in [-0.15, -0.1) is 0 Å². The van der Waals surface area contributed by atoms with Crippen molar-refractivity contribution in [2.45, 2.75) is 26.2 Å². The minimum atomic E-state index is -0.928. The van der Waals surface area contributed by atoms with Crippen LogP contribution in [0.1, 0.15) is 31.7 Å². The highest BCUT2D eigenvalue weighted by Crippen LogP contribution is 2.29. The predicted octanol–water partition coefficient (Wildman–Crippen LogP) is 4.17. The Morgan fingerprint density at radius 1 is 1.45 bits per heavy atom. The second-order valence-electron chi connectivity index (χ2n) is 5.22. The smallest absolute Gasteiger partial charge is 0.328 e. The van der Waals surface area contributed by atoms with Crippen LogP contribution in [0.5, 0.6) is 0 Å². The fourth-order valence-electron chi connectivity index (χ4n) is 2.61. The van der Waals surface area contributed by atoms with Crippen LogP contribution in [0.15, 0.2) is 28.7 Å². The summed E-state index contributed by atoms with van der Waals surface area (Å²) in [6, 6.07) is 6.11. The van der Waals surface area contributed by atoms with Crippen LogP contribution in [0.3, 0.4) is 0 Å². The van der Waals surface area contributed by atoms with Gasteiger partial charge in [-0.25, -0.2) is 4.79 Å². The lowest BCUT2D eigenvalue weighted by Gasteiger charge is -2.33. The zero-order valence-electron chi connectivity index (χ0n) is 11.7. The van der Waals surface area contributed by atoms with Gasteiger partial charge in [0.25, 0.3) is 0 Å². The topological polar surface area (TPSA) is 40.5 Å². The number of carbonyl (C=O) groups is 1. The third-order valence-electron chi connectivity index (χ3n) is 3.95. The SMILES string of the molecule is CCC1CCN(c2ccc(/C=C/C(=O)O)c(Br)c2)CC1. The molecule has 1 aliphatic rings. The number of hydrogen-bond acceptors (Lipinski definition) is 2. The summed E-state index contributed by atoms with van der Waals surface area (Å²) in [4.78, 5) is 13.0. The van der Waals surface area contributed by atoms with Crippen LogP contribution in [0, 0.1) is 5.92 Å². The maximum Gasteiger partial charge on any atom is 0.328 e. The van der Waals surface area contributed by atoms with Gasteiger partial charge in [0, 0.05) is 29.3 Å². The van der Waals surface area contributed by atoms with E-state index >= 15 is 0 Å². The van der Waals surface area contributed by atoms with Gasteiger partial charge in [-0.05, 0) is 42.5 Å². The molecule has 1 fully saturated rings. The Labute approximate surface area is 128 Å². The monoisotopic (exact) mass is 337 g/mol. The molecule has 2 rings (SSSR count). The average molecular weight is 338 g/mol. The van der Waals surface area contributed by atoms with Crippen LogP contribution in [-0.4, -0.2) is 24.2 Å². The van der Waals surface area contributed by atoms with Crippen molar-refractivity contribution in [3.8, 4) is 0 Å². The highest BCUT2D eigenvalue weighted by Gasteiger charge is 2.18. The predicted molar refractivity (Wildman–Crippen MR) is 86.0 cm³/mol. The highest BCUT2D eigenvalue weighted by molar-refractivity contribution is 9.10. The number of carboxylic acids is 1. The van der Waals surface area contributed by atoms with E-state index in [1.54, 1.807) is 6.08 Å². The lowest BCUT2D eigenvalue weighted by molar-refractivity contribution is -0.131. The molecule has 0 aromatic heterocycles. The van der Waals surface area contributed by atoms with Gasteiger partial charge in [-0.1, -0.05) is 35.3 Å². The second-order valence-corrected chi connectivity index (χ2v) is 6.07. The van der Waals surface area contributed by atoms with Crippen LogP contribution in [0.4, 0.5) is 5.69 Å². The van der Waals surface area contributed by atoms with E-state index in [0.717, 1.165) is 35.1 Å². The minimum absolute atomic E-state index is 0.868. The van der Waals surface area contributed by atoms with E-state index in [2.05, 4.69) is 39.9 Å². The zero-order chi connectivity index (χ0) is 14.5. The van der Waals surface area contributed by atoms with Crippen molar-refractivity contribution in [2.75, 3.05) is 18.0 Å². The van der Waals surface area contributed by atoms with E-state index in [0.29, 0.717) is 0 Å². The molecule has 1 heterocycles. The van der Waals surface area contributed by atoms with Gasteiger partial charge in [-0.3, -0.25) is 0 Å². The first-order chi connectivity index (χ1) is 9.60. The van der Waals surface area contributed by atoms with Crippen molar-refractivity contribution in [3.63, 3.8) is 0 Å². The number of halogens is 1. The molecule has 0 radical (unpaired) electrons. The molecular weight excluding hydrogens is 318 g/mol. The summed E-state index contributed by atoms with van der Waals surface area (Å²) in [5.41, 5.74) is 2.10. The zero-order valence-corrected chi connectivity index (χ0v) is 13.3. The molecule has 0 saturated carbocycles. The maximum absolute atomic E-state index is 10.5. The number of aliphatic carboxylic acids is 1. The molecule has 0 amide bonds. The first-order valence-electron chi connectivity index (χ1n) is 7.05. The van der Waals surface area contributed by atoms with Gasteiger partial charge >= 0.3 is 5.97 Å². The van der Waals surface area contributed by atoms with Gasteiger partial charge in [0.2, 0.25) is 0 Å². The normalized spacial score (nSPS) is 16.8. The Bertz CT molecular complexity index is 505. The minimum Gasteiger partial charge on any atom is -0.478 e. The summed E-state index contributed by atoms with van der Waals surface area (Å²) in [6.07, 6.45) is 6.56. The van der Waals surface area contributed by atoms with Crippen molar-refractivity contribution in [1.82, 2.24) is 0 Å². The van der Waals surface area contributed by atoms with E-state index in [-0.39, 0.29) is 0 Å². The van der Waals surface area contributed by atoms with Gasteiger partial charge in [-0.2, -0.15) is 0 Å². The molecule has 4 heteroatoms. The molecular formula is C16H20BrNO2. The number of nitrogens with zero attached hydrogens (tertiary/aromatic N) is 1. The number of carboxylic acid groups (broad SMARTS) is 1. The lowest BCUT2D eigenvalue weighted by Crippen LogP contribution is -2.33. The van der Waals surface area contributed by atoms with E-state index in [1.807, 2.05) is 6.07 Å². The van der Waals surface area contributed by atoms with Crippen molar-refractivity contribution in [2.24, 2.45) is 5.92 Å². The van der Waals surface area contributed by atoms with Crippen LogP contribution < -0.4 is 4.90 Å². The van der Waals surface area contributed by atoms with Crippen molar-refractivity contribution in [3.05, 3.63) is 34.3 Å². The molecule has 1 aliphatic heterocycles. The Hall–Kier alpha value is -1.29. The van der Waals surface area contributed by atoms with Gasteiger partial charge < -0.3 is 10.0 Å². The summed E-state index contributed by atoms with van der Waals surface area (Å²) in [7, 11) is 0. The first kappa shape index (κ1) is 15.1.